The highest BCUT2D eigenvalue weighted by atomic mass is 35.5. The molecule has 2 rings (SSSR count). The van der Waals surface area contributed by atoms with Crippen LogP contribution in [0.15, 0.2) is 18.3 Å². The van der Waals surface area contributed by atoms with Gasteiger partial charge in [0.15, 0.2) is 0 Å². The van der Waals surface area contributed by atoms with E-state index in [0.717, 1.165) is 44.1 Å². The van der Waals surface area contributed by atoms with Gasteiger partial charge in [0.05, 0.1) is 6.54 Å². The van der Waals surface area contributed by atoms with E-state index < -0.39 is 0 Å². The first-order valence-corrected chi connectivity index (χ1v) is 8.32. The first-order valence-electron chi connectivity index (χ1n) is 8.32. The topological polar surface area (TPSA) is 51.7 Å². The summed E-state index contributed by atoms with van der Waals surface area (Å²) in [6, 6.07) is 4.56. The van der Waals surface area contributed by atoms with Gasteiger partial charge in [0.25, 0.3) is 0 Å². The first kappa shape index (κ1) is 20.7. The van der Waals surface area contributed by atoms with Crippen LogP contribution in [0.2, 0.25) is 0 Å². The van der Waals surface area contributed by atoms with Gasteiger partial charge in [-0.25, -0.2) is 4.98 Å². The monoisotopic (exact) mass is 355 g/mol. The Bertz CT molecular complexity index is 502. The van der Waals surface area contributed by atoms with Crippen LogP contribution < -0.4 is 10.2 Å². The molecule has 0 atom stereocenters. The summed E-state index contributed by atoms with van der Waals surface area (Å²) >= 11 is 0. The number of rotatable bonds is 6. The number of likely N-dealkylation sites (N-methyl/N-ethyl adjacent to an activating group) is 1. The molecule has 0 aromatic carbocycles. The van der Waals surface area contributed by atoms with Crippen molar-refractivity contribution >= 4 is 24.1 Å². The van der Waals surface area contributed by atoms with E-state index in [-0.39, 0.29) is 18.3 Å². The maximum atomic E-state index is 12.3. The Labute approximate surface area is 151 Å². The second-order valence-electron chi connectivity index (χ2n) is 6.53. The van der Waals surface area contributed by atoms with E-state index in [0.29, 0.717) is 12.6 Å². The van der Waals surface area contributed by atoms with Crippen molar-refractivity contribution in [1.29, 1.82) is 0 Å². The minimum absolute atomic E-state index is 0. The molecule has 0 spiro atoms. The van der Waals surface area contributed by atoms with Gasteiger partial charge >= 0.3 is 0 Å². The number of aromatic nitrogens is 1. The summed E-state index contributed by atoms with van der Waals surface area (Å²) in [5.74, 6) is 1.18. The SMILES string of the molecule is CC(C)N(C)c1ccc(CN(C)CC(=O)N2CCNCC2)cn1.Cl. The van der Waals surface area contributed by atoms with Gasteiger partial charge in [-0.2, -0.15) is 0 Å². The predicted octanol–water partition coefficient (Wildman–Crippen LogP) is 1.21. The summed E-state index contributed by atoms with van der Waals surface area (Å²) in [5, 5.41) is 3.27. The van der Waals surface area contributed by atoms with Crippen molar-refractivity contribution in [3.05, 3.63) is 23.9 Å². The molecule has 0 unspecified atom stereocenters. The molecule has 136 valence electrons. The molecule has 1 amide bonds. The van der Waals surface area contributed by atoms with Crippen LogP contribution >= 0.6 is 12.4 Å². The van der Waals surface area contributed by atoms with E-state index in [1.165, 1.54) is 0 Å². The van der Waals surface area contributed by atoms with Crippen LogP contribution in [-0.2, 0) is 11.3 Å². The summed E-state index contributed by atoms with van der Waals surface area (Å²) in [5.41, 5.74) is 1.13. The van der Waals surface area contributed by atoms with Crippen LogP contribution in [0.3, 0.4) is 0 Å². The molecule has 24 heavy (non-hydrogen) atoms. The van der Waals surface area contributed by atoms with E-state index in [4.69, 9.17) is 0 Å². The summed E-state index contributed by atoms with van der Waals surface area (Å²) in [7, 11) is 4.03. The molecule has 1 saturated heterocycles. The average Bonchev–Trinajstić information content (AvgIpc) is 2.55. The number of amides is 1. The van der Waals surface area contributed by atoms with Crippen LogP contribution in [0.25, 0.3) is 0 Å². The van der Waals surface area contributed by atoms with Crippen LogP contribution in [0, 0.1) is 0 Å². The summed E-state index contributed by atoms with van der Waals surface area (Å²) in [6.45, 7) is 8.88. The molecule has 0 aliphatic carbocycles. The van der Waals surface area contributed by atoms with Crippen LogP contribution in [0.5, 0.6) is 0 Å². The third-order valence-corrected chi connectivity index (χ3v) is 4.27. The second-order valence-corrected chi connectivity index (χ2v) is 6.53. The number of pyridine rings is 1. The lowest BCUT2D eigenvalue weighted by Gasteiger charge is -2.29. The highest BCUT2D eigenvalue weighted by molar-refractivity contribution is 5.85. The summed E-state index contributed by atoms with van der Waals surface area (Å²) in [6.07, 6.45) is 1.90. The quantitative estimate of drug-likeness (QED) is 0.831. The van der Waals surface area contributed by atoms with E-state index in [2.05, 4.69) is 35.1 Å². The average molecular weight is 356 g/mol. The molecule has 1 N–H and O–H groups in total. The summed E-state index contributed by atoms with van der Waals surface area (Å²) in [4.78, 5) is 22.9. The Morgan fingerprint density at radius 1 is 1.29 bits per heavy atom. The molecule has 1 aromatic heterocycles. The standard InChI is InChI=1S/C17H29N5O.ClH/c1-14(2)21(4)16-6-5-15(11-19-16)12-20(3)13-17(23)22-9-7-18-8-10-22;/h5-6,11,14,18H,7-10,12-13H2,1-4H3;1H. The van der Waals surface area contributed by atoms with Gasteiger partial charge < -0.3 is 15.1 Å². The fraction of sp³-hybridized carbons (Fsp3) is 0.647. The highest BCUT2D eigenvalue weighted by Gasteiger charge is 2.17. The molecule has 1 aliphatic heterocycles. The number of halogens is 1. The zero-order valence-corrected chi connectivity index (χ0v) is 16.0. The number of carbonyl (C=O) groups excluding carboxylic acids is 1. The van der Waals surface area contributed by atoms with Crippen LogP contribution in [0.1, 0.15) is 19.4 Å². The molecular formula is C17H30ClN5O. The number of nitrogens with zero attached hydrogens (tertiary/aromatic N) is 4. The van der Waals surface area contributed by atoms with Crippen LogP contribution in [-0.4, -0.2) is 73.6 Å². The predicted molar refractivity (Wildman–Crippen MR) is 101 cm³/mol. The van der Waals surface area contributed by atoms with Crippen LogP contribution in [0.4, 0.5) is 5.82 Å². The van der Waals surface area contributed by atoms with Gasteiger partial charge in [-0.3, -0.25) is 9.69 Å². The Morgan fingerprint density at radius 3 is 2.50 bits per heavy atom. The number of hydrogen-bond donors (Lipinski definition) is 1. The normalized spacial score (nSPS) is 14.7. The molecule has 1 aromatic rings. The Balaban J connectivity index is 0.00000288. The Hall–Kier alpha value is -1.37. The van der Waals surface area contributed by atoms with Crippen molar-refractivity contribution < 1.29 is 4.79 Å². The second kappa shape index (κ2) is 9.81. The van der Waals surface area contributed by atoms with Crippen molar-refractivity contribution in [1.82, 2.24) is 20.1 Å². The van der Waals surface area contributed by atoms with E-state index >= 15 is 0 Å². The molecule has 1 aliphatic rings. The number of anilines is 1. The molecule has 2 heterocycles. The molecule has 0 radical (unpaired) electrons. The van der Waals surface area contributed by atoms with E-state index in [9.17, 15) is 4.79 Å². The summed E-state index contributed by atoms with van der Waals surface area (Å²) < 4.78 is 0. The van der Waals surface area contributed by atoms with Gasteiger partial charge in [0.2, 0.25) is 5.91 Å². The minimum Gasteiger partial charge on any atom is -0.357 e. The number of nitrogens with one attached hydrogen (secondary N) is 1. The number of hydrogen-bond acceptors (Lipinski definition) is 5. The van der Waals surface area contributed by atoms with Gasteiger partial charge in [0.1, 0.15) is 5.82 Å². The van der Waals surface area contributed by atoms with E-state index in [1.54, 1.807) is 0 Å². The lowest BCUT2D eigenvalue weighted by molar-refractivity contribution is -0.132. The largest absolute Gasteiger partial charge is 0.357 e. The number of carbonyl (C=O) groups is 1. The minimum atomic E-state index is 0. The van der Waals surface area contributed by atoms with Gasteiger partial charge in [-0.15, -0.1) is 12.4 Å². The first-order chi connectivity index (χ1) is 11.0. The zero-order chi connectivity index (χ0) is 16.8. The van der Waals surface area contributed by atoms with Crippen molar-refractivity contribution in [3.63, 3.8) is 0 Å². The molecule has 7 heteroatoms. The lowest BCUT2D eigenvalue weighted by atomic mass is 10.2. The fourth-order valence-corrected chi connectivity index (χ4v) is 2.60. The third kappa shape index (κ3) is 5.92. The number of piperazine rings is 1. The van der Waals surface area contributed by atoms with Gasteiger partial charge in [-0.1, -0.05) is 6.07 Å². The molecule has 1 fully saturated rings. The lowest BCUT2D eigenvalue weighted by Crippen LogP contribution is -2.49. The third-order valence-electron chi connectivity index (χ3n) is 4.27. The highest BCUT2D eigenvalue weighted by Crippen LogP contribution is 2.13. The Morgan fingerprint density at radius 2 is 1.96 bits per heavy atom. The van der Waals surface area contributed by atoms with Crippen molar-refractivity contribution in [3.8, 4) is 0 Å². The smallest absolute Gasteiger partial charge is 0.236 e. The molecule has 0 saturated carbocycles. The molecule has 0 bridgehead atoms. The maximum absolute atomic E-state index is 12.3. The van der Waals surface area contributed by atoms with Crippen molar-refractivity contribution in [2.75, 3.05) is 51.7 Å². The molecular weight excluding hydrogens is 326 g/mol. The van der Waals surface area contributed by atoms with E-state index in [1.807, 2.05) is 36.2 Å². The fourth-order valence-electron chi connectivity index (χ4n) is 2.60. The van der Waals surface area contributed by atoms with Crippen molar-refractivity contribution in [2.24, 2.45) is 0 Å². The molecule has 6 nitrogen and oxygen atoms in total. The van der Waals surface area contributed by atoms with Crippen molar-refractivity contribution in [2.45, 2.75) is 26.4 Å². The van der Waals surface area contributed by atoms with Gasteiger partial charge in [0, 0.05) is 52.0 Å². The zero-order valence-electron chi connectivity index (χ0n) is 15.2. The maximum Gasteiger partial charge on any atom is 0.236 e. The van der Waals surface area contributed by atoms with Gasteiger partial charge in [-0.05, 0) is 32.5 Å². The Kier molecular flexibility index (Phi) is 8.45.